The van der Waals surface area contributed by atoms with Crippen LogP contribution in [0.4, 0.5) is 0 Å². The molecule has 0 N–H and O–H groups in total. The van der Waals surface area contributed by atoms with Crippen LogP contribution in [0.1, 0.15) is 185 Å². The average Bonchev–Trinajstić information content (AvgIpc) is 3.77. The molecule has 0 heterocycles. The minimum atomic E-state index is -0.150. The predicted molar refractivity (Wildman–Crippen MR) is 241 cm³/mol. The molecule has 2 aliphatic rings. The topological polar surface area (TPSA) is 0 Å². The van der Waals surface area contributed by atoms with Crippen LogP contribution in [0.3, 0.4) is 0 Å². The SMILES string of the molecule is CCCCc1ccc(C(c2ccc(CCCC)cc2)=c2c(C(C)(C)C)c(C(C)(C)C)c(C3=CC=CC3)c3c2=c2cc(C(C)(C)C)c(C(C)(C)C)cc2=[C-]3)cc1.[Cl-].[Cl-].[Zr+3]. The van der Waals surface area contributed by atoms with Crippen molar-refractivity contribution in [2.24, 2.45) is 0 Å². The van der Waals surface area contributed by atoms with Crippen LogP contribution < -0.4 is 35.3 Å². The Morgan fingerprint density at radius 3 is 1.47 bits per heavy atom. The third-order valence-corrected chi connectivity index (χ3v) is 11.8. The Bertz CT molecular complexity index is 2310. The van der Waals surface area contributed by atoms with E-state index in [0.29, 0.717) is 0 Å². The van der Waals surface area contributed by atoms with E-state index in [4.69, 9.17) is 0 Å². The van der Waals surface area contributed by atoms with Gasteiger partial charge in [0.25, 0.3) is 0 Å². The fourth-order valence-corrected chi connectivity index (χ4v) is 9.03. The number of aryl methyl sites for hydroxylation is 2. The molecule has 1 radical (unpaired) electrons. The molecule has 0 aromatic heterocycles. The number of rotatable bonds is 9. The average molecular weight is 892 g/mol. The Hall–Kier alpha value is -2.44. The Morgan fingerprint density at radius 1 is 0.603 bits per heavy atom. The minimum absolute atomic E-state index is 0. The second kappa shape index (κ2) is 19.1. The van der Waals surface area contributed by atoms with Crippen LogP contribution in [0.15, 0.2) is 78.9 Å². The van der Waals surface area contributed by atoms with Gasteiger partial charge in [0.05, 0.1) is 0 Å². The van der Waals surface area contributed by atoms with Gasteiger partial charge >= 0.3 is 26.2 Å². The van der Waals surface area contributed by atoms with Crippen molar-refractivity contribution in [2.75, 3.05) is 0 Å². The molecule has 3 heteroatoms. The maximum Gasteiger partial charge on any atom is 3.00 e. The van der Waals surface area contributed by atoms with Crippen molar-refractivity contribution in [2.45, 2.75) is 164 Å². The number of benzene rings is 4. The third kappa shape index (κ3) is 10.2. The van der Waals surface area contributed by atoms with Gasteiger partial charge < -0.3 is 24.8 Å². The van der Waals surface area contributed by atoms with E-state index in [1.54, 1.807) is 0 Å². The van der Waals surface area contributed by atoms with Crippen LogP contribution >= 0.6 is 0 Å². The van der Waals surface area contributed by atoms with Gasteiger partial charge in [-0.2, -0.15) is 0 Å². The summed E-state index contributed by atoms with van der Waals surface area (Å²) in [6.07, 6.45) is 19.2. The van der Waals surface area contributed by atoms with Gasteiger partial charge in [0, 0.05) is 0 Å². The molecule has 0 bridgehead atoms. The molecule has 0 saturated carbocycles. The van der Waals surface area contributed by atoms with Crippen LogP contribution in [-0.2, 0) is 60.7 Å². The normalized spacial score (nSPS) is 13.4. The molecule has 0 aliphatic heterocycles. The Labute approximate surface area is 384 Å². The molecule has 0 fully saturated rings. The van der Waals surface area contributed by atoms with Crippen LogP contribution in [0.2, 0.25) is 0 Å². The first kappa shape index (κ1) is 49.9. The van der Waals surface area contributed by atoms with E-state index in [1.165, 1.54) is 113 Å². The quantitative estimate of drug-likeness (QED) is 0.135. The zero-order valence-corrected chi connectivity index (χ0v) is 42.2. The minimum Gasteiger partial charge on any atom is -1.00 e. The molecule has 0 atom stereocenters. The monoisotopic (exact) mass is 889 g/mol. The number of allylic oxidation sites excluding steroid dienone is 4. The molecular weight excluding hydrogens is 823 g/mol. The van der Waals surface area contributed by atoms with Crippen molar-refractivity contribution in [3.8, 4) is 0 Å². The van der Waals surface area contributed by atoms with Gasteiger partial charge in [-0.3, -0.25) is 0 Å². The maximum atomic E-state index is 4.19. The maximum absolute atomic E-state index is 4.19. The van der Waals surface area contributed by atoms with E-state index in [1.807, 2.05) is 0 Å². The van der Waals surface area contributed by atoms with Gasteiger partial charge in [0.1, 0.15) is 0 Å². The summed E-state index contributed by atoms with van der Waals surface area (Å²) in [5.74, 6) is 0. The van der Waals surface area contributed by atoms with Crippen molar-refractivity contribution in [3.05, 3.63) is 155 Å². The van der Waals surface area contributed by atoms with Crippen LogP contribution in [0, 0.1) is 10.4 Å². The summed E-state index contributed by atoms with van der Waals surface area (Å²) in [5.41, 5.74) is 16.4. The van der Waals surface area contributed by atoms with E-state index in [0.717, 1.165) is 19.3 Å². The number of fused-ring (bicyclic) bond motifs is 2. The van der Waals surface area contributed by atoms with Crippen LogP contribution in [-0.4, -0.2) is 0 Å². The zero-order valence-electron chi connectivity index (χ0n) is 38.2. The molecule has 4 aromatic rings. The molecule has 0 nitrogen and oxygen atoms in total. The first-order chi connectivity index (χ1) is 25.8. The molecule has 4 aromatic carbocycles. The van der Waals surface area contributed by atoms with E-state index < -0.39 is 0 Å². The first-order valence-electron chi connectivity index (χ1n) is 21.4. The van der Waals surface area contributed by atoms with Crippen molar-refractivity contribution in [3.63, 3.8) is 0 Å². The van der Waals surface area contributed by atoms with Gasteiger partial charge in [0.15, 0.2) is 0 Å². The van der Waals surface area contributed by atoms with E-state index in [9.17, 15) is 0 Å². The van der Waals surface area contributed by atoms with Gasteiger partial charge in [-0.1, -0.05) is 210 Å². The van der Waals surface area contributed by atoms with E-state index >= 15 is 0 Å². The number of unbranched alkanes of at least 4 members (excludes halogenated alkanes) is 2. The van der Waals surface area contributed by atoms with Gasteiger partial charge in [-0.15, -0.1) is 33.4 Å². The van der Waals surface area contributed by atoms with Crippen LogP contribution in [0.25, 0.3) is 17.2 Å². The summed E-state index contributed by atoms with van der Waals surface area (Å²) >= 11 is 0. The van der Waals surface area contributed by atoms with Crippen LogP contribution in [0.5, 0.6) is 0 Å². The zero-order chi connectivity index (χ0) is 40.1. The smallest absolute Gasteiger partial charge is 1.00 e. The van der Waals surface area contributed by atoms with Gasteiger partial charge in [-0.25, -0.2) is 0 Å². The van der Waals surface area contributed by atoms with Crippen molar-refractivity contribution in [1.82, 2.24) is 0 Å². The van der Waals surface area contributed by atoms with Crippen molar-refractivity contribution >= 4 is 17.2 Å². The molecule has 0 unspecified atom stereocenters. The largest absolute Gasteiger partial charge is 3.00 e. The Kier molecular flexibility index (Phi) is 16.4. The molecular formula is C55H69Cl2Zr. The predicted octanol–water partition coefficient (Wildman–Crippen LogP) is 7.46. The summed E-state index contributed by atoms with van der Waals surface area (Å²) in [6, 6.07) is 24.3. The van der Waals surface area contributed by atoms with E-state index in [-0.39, 0.29) is 72.7 Å². The fraction of sp³-hybridized carbons (Fsp3) is 0.455. The number of hydrogen-bond donors (Lipinski definition) is 0. The standard InChI is InChI=1S/C55H69.2ClH.Zr/c1-15-17-21-36-25-29-39(30-26-36)46(40-31-27-37(28-32-40)22-18-16-2)49-48-42-35-45(53(6,7)8)44(52(3,4)5)34-41(42)33-43(48)47(38-23-19-20-24-38)50(54(9,10)11)51(49)55(12,13)14;;;/h19-20,23,25-32,34-35H,15-18,21-22,24H2,1-14H3;2*1H;/q-1;;;+3/p-2. The molecule has 6 rings (SSSR count). The van der Waals surface area contributed by atoms with Crippen molar-refractivity contribution < 1.29 is 51.0 Å². The first-order valence-corrected chi connectivity index (χ1v) is 21.4. The summed E-state index contributed by atoms with van der Waals surface area (Å²) in [6.45, 7) is 33.5. The number of halogens is 2. The van der Waals surface area contributed by atoms with Gasteiger partial charge in [-0.05, 0) is 92.4 Å². The molecule has 0 spiro atoms. The second-order valence-corrected chi connectivity index (χ2v) is 20.6. The molecule has 0 amide bonds. The van der Waals surface area contributed by atoms with E-state index in [2.05, 4.69) is 182 Å². The Balaban J connectivity index is 0.00000300. The summed E-state index contributed by atoms with van der Waals surface area (Å²) in [5, 5.41) is 5.32. The third-order valence-electron chi connectivity index (χ3n) is 11.8. The summed E-state index contributed by atoms with van der Waals surface area (Å²) in [4.78, 5) is 0. The second-order valence-electron chi connectivity index (χ2n) is 20.6. The van der Waals surface area contributed by atoms with Gasteiger partial charge in [0.2, 0.25) is 0 Å². The summed E-state index contributed by atoms with van der Waals surface area (Å²) < 4.78 is 0. The number of hydrogen-bond acceptors (Lipinski definition) is 0. The molecule has 2 aliphatic carbocycles. The molecule has 307 valence electrons. The molecule has 58 heavy (non-hydrogen) atoms. The molecule has 0 saturated heterocycles. The Morgan fingerprint density at radius 2 is 1.07 bits per heavy atom. The fourth-order valence-electron chi connectivity index (χ4n) is 9.03. The van der Waals surface area contributed by atoms with Crippen molar-refractivity contribution in [1.29, 1.82) is 0 Å². The summed E-state index contributed by atoms with van der Waals surface area (Å²) in [7, 11) is 0.